The average molecular weight is 496 g/mol. The molecule has 0 saturated carbocycles. The molecule has 0 fully saturated rings. The number of benzene rings is 2. The number of esters is 1. The van der Waals surface area contributed by atoms with E-state index >= 15 is 0 Å². The lowest BCUT2D eigenvalue weighted by Crippen LogP contribution is -2.42. The first-order valence-corrected chi connectivity index (χ1v) is 11.0. The van der Waals surface area contributed by atoms with Gasteiger partial charge in [-0.2, -0.15) is 0 Å². The van der Waals surface area contributed by atoms with Crippen molar-refractivity contribution in [3.05, 3.63) is 58.1 Å². The minimum absolute atomic E-state index is 0.00641. The molecular formula is C22H27Cl2N5O4. The fraction of sp³-hybridized carbons (Fsp3) is 0.318. The third-order valence-electron chi connectivity index (χ3n) is 4.57. The van der Waals surface area contributed by atoms with Crippen LogP contribution in [0.5, 0.6) is 0 Å². The van der Waals surface area contributed by atoms with Gasteiger partial charge in [0.2, 0.25) is 5.91 Å². The van der Waals surface area contributed by atoms with Gasteiger partial charge in [-0.1, -0.05) is 47.5 Å². The molecule has 0 heterocycles. The van der Waals surface area contributed by atoms with Crippen LogP contribution in [-0.2, 0) is 20.7 Å². The summed E-state index contributed by atoms with van der Waals surface area (Å²) in [5, 5.41) is 9.11. The Morgan fingerprint density at radius 1 is 0.970 bits per heavy atom. The Morgan fingerprint density at radius 3 is 2.36 bits per heavy atom. The molecule has 33 heavy (non-hydrogen) atoms. The molecule has 0 spiro atoms. The lowest BCUT2D eigenvalue weighted by molar-refractivity contribution is -0.143. The number of primary amides is 1. The van der Waals surface area contributed by atoms with Crippen LogP contribution in [-0.4, -0.2) is 43.6 Å². The van der Waals surface area contributed by atoms with Gasteiger partial charge in [0.05, 0.1) is 34.7 Å². The SMILES string of the molecule is NC(=O)NCCC[C@H](N)C(=O)NCCOC(=O)Cc1ccccc1Nc1c(Cl)cccc1Cl. The first kappa shape index (κ1) is 26.2. The Balaban J connectivity index is 1.77. The van der Waals surface area contributed by atoms with Crippen LogP contribution in [0.3, 0.4) is 0 Å². The zero-order chi connectivity index (χ0) is 24.2. The second kappa shape index (κ2) is 13.5. The maximum absolute atomic E-state index is 12.3. The van der Waals surface area contributed by atoms with Gasteiger partial charge >= 0.3 is 12.0 Å². The number of ether oxygens (including phenoxy) is 1. The van der Waals surface area contributed by atoms with Crippen LogP contribution in [0.1, 0.15) is 18.4 Å². The molecule has 0 radical (unpaired) electrons. The van der Waals surface area contributed by atoms with Gasteiger partial charge < -0.3 is 32.2 Å². The van der Waals surface area contributed by atoms with E-state index in [9.17, 15) is 14.4 Å². The molecule has 2 aromatic carbocycles. The maximum atomic E-state index is 12.3. The quantitative estimate of drug-likeness (QED) is 0.225. The largest absolute Gasteiger partial charge is 0.464 e. The van der Waals surface area contributed by atoms with Crippen molar-refractivity contribution in [2.75, 3.05) is 25.0 Å². The molecule has 0 aliphatic carbocycles. The predicted octanol–water partition coefficient (Wildman–Crippen LogP) is 2.71. The van der Waals surface area contributed by atoms with E-state index in [0.717, 1.165) is 0 Å². The molecule has 0 aliphatic heterocycles. The van der Waals surface area contributed by atoms with E-state index in [1.165, 1.54) is 0 Å². The van der Waals surface area contributed by atoms with Gasteiger partial charge in [0, 0.05) is 12.2 Å². The summed E-state index contributed by atoms with van der Waals surface area (Å²) in [5.41, 5.74) is 12.7. The molecule has 7 N–H and O–H groups in total. The van der Waals surface area contributed by atoms with E-state index < -0.39 is 18.0 Å². The third kappa shape index (κ3) is 9.17. The Bertz CT molecular complexity index is 953. The zero-order valence-corrected chi connectivity index (χ0v) is 19.4. The van der Waals surface area contributed by atoms with Crippen LogP contribution >= 0.6 is 23.2 Å². The van der Waals surface area contributed by atoms with Crippen molar-refractivity contribution in [1.29, 1.82) is 0 Å². The van der Waals surface area contributed by atoms with Crippen LogP contribution in [0, 0.1) is 0 Å². The summed E-state index contributed by atoms with van der Waals surface area (Å²) in [5.74, 6) is -0.818. The zero-order valence-electron chi connectivity index (χ0n) is 17.9. The van der Waals surface area contributed by atoms with Crippen LogP contribution in [0.2, 0.25) is 10.0 Å². The molecule has 9 nitrogen and oxygen atoms in total. The predicted molar refractivity (Wildman–Crippen MR) is 129 cm³/mol. The van der Waals surface area contributed by atoms with Crippen molar-refractivity contribution in [1.82, 2.24) is 10.6 Å². The Hall–Kier alpha value is -3.01. The van der Waals surface area contributed by atoms with Gasteiger partial charge in [0.25, 0.3) is 0 Å². The maximum Gasteiger partial charge on any atom is 0.312 e. The fourth-order valence-electron chi connectivity index (χ4n) is 2.89. The second-order valence-electron chi connectivity index (χ2n) is 7.11. The van der Waals surface area contributed by atoms with Gasteiger partial charge in [0.15, 0.2) is 0 Å². The van der Waals surface area contributed by atoms with Gasteiger partial charge in [-0.15, -0.1) is 0 Å². The Labute approximate surface area is 202 Å². The van der Waals surface area contributed by atoms with Gasteiger partial charge in [-0.05, 0) is 36.6 Å². The second-order valence-corrected chi connectivity index (χ2v) is 7.92. The molecular weight excluding hydrogens is 469 g/mol. The molecule has 2 rings (SSSR count). The molecule has 0 saturated heterocycles. The van der Waals surface area contributed by atoms with E-state index in [2.05, 4.69) is 16.0 Å². The van der Waals surface area contributed by atoms with Crippen LogP contribution in [0.15, 0.2) is 42.5 Å². The number of nitrogens with two attached hydrogens (primary N) is 2. The first-order chi connectivity index (χ1) is 15.8. The number of amides is 3. The van der Waals surface area contributed by atoms with E-state index in [0.29, 0.717) is 46.4 Å². The van der Waals surface area contributed by atoms with E-state index in [1.807, 2.05) is 18.2 Å². The first-order valence-electron chi connectivity index (χ1n) is 10.3. The average Bonchev–Trinajstić information content (AvgIpc) is 2.77. The molecule has 0 aliphatic rings. The third-order valence-corrected chi connectivity index (χ3v) is 5.20. The summed E-state index contributed by atoms with van der Waals surface area (Å²) in [4.78, 5) is 34.8. The smallest absolute Gasteiger partial charge is 0.312 e. The highest BCUT2D eigenvalue weighted by atomic mass is 35.5. The highest BCUT2D eigenvalue weighted by molar-refractivity contribution is 6.39. The van der Waals surface area contributed by atoms with E-state index in [4.69, 9.17) is 39.4 Å². The van der Waals surface area contributed by atoms with Crippen molar-refractivity contribution in [2.24, 2.45) is 11.5 Å². The summed E-state index contributed by atoms with van der Waals surface area (Å²) in [6.07, 6.45) is 0.913. The van der Waals surface area contributed by atoms with Crippen molar-refractivity contribution < 1.29 is 19.1 Å². The Morgan fingerprint density at radius 2 is 1.67 bits per heavy atom. The number of carbonyl (C=O) groups is 3. The van der Waals surface area contributed by atoms with Crippen molar-refractivity contribution in [3.8, 4) is 0 Å². The lowest BCUT2D eigenvalue weighted by atomic mass is 10.1. The van der Waals surface area contributed by atoms with Gasteiger partial charge in [-0.25, -0.2) is 4.79 Å². The van der Waals surface area contributed by atoms with Crippen LogP contribution < -0.4 is 27.4 Å². The summed E-state index contributed by atoms with van der Waals surface area (Å²) in [7, 11) is 0. The topological polar surface area (TPSA) is 149 Å². The monoisotopic (exact) mass is 495 g/mol. The number of para-hydroxylation sites is 2. The standard InChI is InChI=1S/C22H27Cl2N5O4/c23-15-6-3-7-16(24)20(15)29-18-9-2-1-5-14(18)13-19(30)33-12-11-27-21(31)17(25)8-4-10-28-22(26)32/h1-3,5-7,9,17,29H,4,8,10-13,25H2,(H,27,31)(H3,26,28,32)/t17-/m0/s1. The number of urea groups is 1. The Kier molecular flexibility index (Phi) is 10.8. The van der Waals surface area contributed by atoms with E-state index in [-0.39, 0.29) is 25.5 Å². The lowest BCUT2D eigenvalue weighted by Gasteiger charge is -2.15. The number of hydrogen-bond acceptors (Lipinski definition) is 6. The molecule has 0 aromatic heterocycles. The molecule has 178 valence electrons. The van der Waals surface area contributed by atoms with Gasteiger partial charge in [0.1, 0.15) is 6.61 Å². The normalized spacial score (nSPS) is 11.4. The number of halogens is 2. The fourth-order valence-corrected chi connectivity index (χ4v) is 3.38. The summed E-state index contributed by atoms with van der Waals surface area (Å²) in [6.45, 7) is 0.479. The number of carbonyl (C=O) groups excluding carboxylic acids is 3. The van der Waals surface area contributed by atoms with Crippen molar-refractivity contribution >= 4 is 52.5 Å². The number of rotatable bonds is 12. The van der Waals surface area contributed by atoms with Crippen molar-refractivity contribution in [2.45, 2.75) is 25.3 Å². The van der Waals surface area contributed by atoms with E-state index in [1.54, 1.807) is 24.3 Å². The number of hydrogen-bond donors (Lipinski definition) is 5. The van der Waals surface area contributed by atoms with Gasteiger partial charge in [-0.3, -0.25) is 9.59 Å². The summed E-state index contributed by atoms with van der Waals surface area (Å²) >= 11 is 12.4. The number of nitrogens with one attached hydrogen (secondary N) is 3. The highest BCUT2D eigenvalue weighted by Gasteiger charge is 2.14. The minimum Gasteiger partial charge on any atom is -0.464 e. The van der Waals surface area contributed by atoms with Crippen molar-refractivity contribution in [3.63, 3.8) is 0 Å². The number of anilines is 2. The molecule has 11 heteroatoms. The summed E-state index contributed by atoms with van der Waals surface area (Å²) < 4.78 is 5.22. The van der Waals surface area contributed by atoms with Crippen LogP contribution in [0.4, 0.5) is 16.2 Å². The molecule has 2 aromatic rings. The molecule has 1 atom stereocenters. The molecule has 3 amide bonds. The highest BCUT2D eigenvalue weighted by Crippen LogP contribution is 2.33. The molecule has 0 unspecified atom stereocenters. The molecule has 0 bridgehead atoms. The summed E-state index contributed by atoms with van der Waals surface area (Å²) in [6, 6.07) is 11.0. The minimum atomic E-state index is -0.732. The van der Waals surface area contributed by atoms with Crippen LogP contribution in [0.25, 0.3) is 0 Å².